The van der Waals surface area contributed by atoms with Crippen LogP contribution in [0.4, 0.5) is 0 Å². The van der Waals surface area contributed by atoms with Gasteiger partial charge < -0.3 is 10.4 Å². The second-order valence-corrected chi connectivity index (χ2v) is 5.62. The first-order chi connectivity index (χ1) is 8.99. The van der Waals surface area contributed by atoms with Crippen molar-refractivity contribution in [2.45, 2.75) is 13.5 Å². The summed E-state index contributed by atoms with van der Waals surface area (Å²) in [6, 6.07) is 7.24. The quantitative estimate of drug-likeness (QED) is 0.811. The molecule has 0 fully saturated rings. The minimum absolute atomic E-state index is 0.0995. The lowest BCUT2D eigenvalue weighted by molar-refractivity contribution is -0.140. The van der Waals surface area contributed by atoms with Crippen molar-refractivity contribution >= 4 is 35.2 Å². The number of carbonyl (C=O) groups is 2. The van der Waals surface area contributed by atoms with E-state index in [2.05, 4.69) is 5.32 Å². The molecular weight excluding hydrogens is 286 g/mol. The Kier molecular flexibility index (Phi) is 6.73. The summed E-state index contributed by atoms with van der Waals surface area (Å²) < 4.78 is 0. The molecule has 1 aromatic rings. The molecular formula is C13H16ClNO3S. The maximum absolute atomic E-state index is 11.5. The summed E-state index contributed by atoms with van der Waals surface area (Å²) in [5.41, 5.74) is 0.974. The van der Waals surface area contributed by atoms with Crippen LogP contribution in [0.2, 0.25) is 5.02 Å². The van der Waals surface area contributed by atoms with Crippen LogP contribution in [0.1, 0.15) is 12.5 Å². The van der Waals surface area contributed by atoms with Crippen LogP contribution in [-0.2, 0) is 16.1 Å². The predicted molar refractivity (Wildman–Crippen MR) is 77.4 cm³/mol. The van der Waals surface area contributed by atoms with E-state index in [1.165, 1.54) is 11.8 Å². The Morgan fingerprint density at radius 1 is 1.37 bits per heavy atom. The highest BCUT2D eigenvalue weighted by molar-refractivity contribution is 7.99. The van der Waals surface area contributed by atoms with Crippen molar-refractivity contribution in [2.24, 2.45) is 5.92 Å². The monoisotopic (exact) mass is 301 g/mol. The van der Waals surface area contributed by atoms with Gasteiger partial charge in [0.15, 0.2) is 0 Å². The Morgan fingerprint density at radius 2 is 2.00 bits per heavy atom. The van der Waals surface area contributed by atoms with Crippen molar-refractivity contribution in [3.63, 3.8) is 0 Å². The second kappa shape index (κ2) is 8.07. The SMILES string of the molecule is CC(CSCC(=O)NCc1ccc(Cl)cc1)C(=O)O. The molecule has 4 nitrogen and oxygen atoms in total. The Bertz CT molecular complexity index is 436. The van der Waals surface area contributed by atoms with E-state index in [1.54, 1.807) is 19.1 Å². The second-order valence-electron chi connectivity index (χ2n) is 4.16. The summed E-state index contributed by atoms with van der Waals surface area (Å²) in [5.74, 6) is -0.671. The first-order valence-corrected chi connectivity index (χ1v) is 7.34. The minimum atomic E-state index is -0.839. The van der Waals surface area contributed by atoms with Crippen LogP contribution in [0.15, 0.2) is 24.3 Å². The van der Waals surface area contributed by atoms with Gasteiger partial charge >= 0.3 is 5.97 Å². The molecule has 1 unspecified atom stereocenters. The molecule has 1 amide bonds. The van der Waals surface area contributed by atoms with Gasteiger partial charge in [-0.25, -0.2) is 0 Å². The molecule has 0 aliphatic rings. The lowest BCUT2D eigenvalue weighted by Crippen LogP contribution is -2.25. The summed E-state index contributed by atoms with van der Waals surface area (Å²) in [5, 5.41) is 12.1. The topological polar surface area (TPSA) is 66.4 Å². The molecule has 0 aromatic heterocycles. The largest absolute Gasteiger partial charge is 0.481 e. The highest BCUT2D eigenvalue weighted by atomic mass is 35.5. The van der Waals surface area contributed by atoms with E-state index >= 15 is 0 Å². The molecule has 2 N–H and O–H groups in total. The van der Waals surface area contributed by atoms with E-state index in [0.717, 1.165) is 5.56 Å². The van der Waals surface area contributed by atoms with Crippen molar-refractivity contribution in [2.75, 3.05) is 11.5 Å². The number of halogens is 1. The van der Waals surface area contributed by atoms with Gasteiger partial charge in [0, 0.05) is 17.3 Å². The van der Waals surface area contributed by atoms with Gasteiger partial charge in [-0.15, -0.1) is 0 Å². The lowest BCUT2D eigenvalue weighted by Gasteiger charge is -2.07. The van der Waals surface area contributed by atoms with Crippen LogP contribution >= 0.6 is 23.4 Å². The normalized spacial score (nSPS) is 11.9. The molecule has 6 heteroatoms. The van der Waals surface area contributed by atoms with Crippen molar-refractivity contribution in [3.05, 3.63) is 34.9 Å². The number of benzene rings is 1. The van der Waals surface area contributed by atoms with E-state index in [4.69, 9.17) is 16.7 Å². The van der Waals surface area contributed by atoms with E-state index in [0.29, 0.717) is 17.3 Å². The number of nitrogens with one attached hydrogen (secondary N) is 1. The smallest absolute Gasteiger partial charge is 0.307 e. The van der Waals surface area contributed by atoms with Crippen molar-refractivity contribution in [1.82, 2.24) is 5.32 Å². The van der Waals surface area contributed by atoms with Crippen molar-refractivity contribution in [3.8, 4) is 0 Å². The number of aliphatic carboxylic acids is 1. The molecule has 19 heavy (non-hydrogen) atoms. The van der Waals surface area contributed by atoms with Gasteiger partial charge in [0.1, 0.15) is 0 Å². The Labute approximate surface area is 121 Å². The maximum Gasteiger partial charge on any atom is 0.307 e. The number of carboxylic acid groups (broad SMARTS) is 1. The third kappa shape index (κ3) is 6.50. The summed E-state index contributed by atoms with van der Waals surface area (Å²) in [6.07, 6.45) is 0. The first-order valence-electron chi connectivity index (χ1n) is 5.80. The molecule has 0 radical (unpaired) electrons. The summed E-state index contributed by atoms with van der Waals surface area (Å²) in [6.45, 7) is 2.08. The van der Waals surface area contributed by atoms with Gasteiger partial charge in [-0.2, -0.15) is 11.8 Å². The van der Waals surface area contributed by atoms with E-state index in [1.807, 2.05) is 12.1 Å². The molecule has 0 aliphatic heterocycles. The van der Waals surface area contributed by atoms with E-state index < -0.39 is 11.9 Å². The van der Waals surface area contributed by atoms with Crippen LogP contribution in [0.3, 0.4) is 0 Å². The number of thioether (sulfide) groups is 1. The molecule has 0 bridgehead atoms. The number of carbonyl (C=O) groups excluding carboxylic acids is 1. The number of amides is 1. The average Bonchev–Trinajstić information content (AvgIpc) is 2.37. The van der Waals surface area contributed by atoms with Crippen molar-refractivity contribution in [1.29, 1.82) is 0 Å². The summed E-state index contributed by atoms with van der Waals surface area (Å²) in [7, 11) is 0. The predicted octanol–water partition coefficient (Wildman–Crippen LogP) is 2.41. The van der Waals surface area contributed by atoms with E-state index in [-0.39, 0.29) is 11.7 Å². The van der Waals surface area contributed by atoms with Crippen LogP contribution < -0.4 is 5.32 Å². The van der Waals surface area contributed by atoms with Crippen LogP contribution in [0, 0.1) is 5.92 Å². The molecule has 104 valence electrons. The summed E-state index contributed by atoms with van der Waals surface area (Å²) >= 11 is 7.08. The third-order valence-corrected chi connectivity index (χ3v) is 3.88. The highest BCUT2D eigenvalue weighted by Crippen LogP contribution is 2.10. The zero-order valence-corrected chi connectivity index (χ0v) is 12.1. The average molecular weight is 302 g/mol. The van der Waals surface area contributed by atoms with Gasteiger partial charge in [0.2, 0.25) is 5.91 Å². The van der Waals surface area contributed by atoms with Gasteiger partial charge in [0.05, 0.1) is 11.7 Å². The van der Waals surface area contributed by atoms with Gasteiger partial charge in [0.25, 0.3) is 0 Å². The number of hydrogen-bond donors (Lipinski definition) is 2. The number of hydrogen-bond acceptors (Lipinski definition) is 3. The molecule has 1 atom stereocenters. The molecule has 1 rings (SSSR count). The van der Waals surface area contributed by atoms with Gasteiger partial charge in [-0.05, 0) is 17.7 Å². The van der Waals surface area contributed by atoms with Crippen molar-refractivity contribution < 1.29 is 14.7 Å². The fourth-order valence-electron chi connectivity index (χ4n) is 1.25. The Morgan fingerprint density at radius 3 is 2.58 bits per heavy atom. The third-order valence-electron chi connectivity index (χ3n) is 2.43. The minimum Gasteiger partial charge on any atom is -0.481 e. The molecule has 0 spiro atoms. The van der Waals surface area contributed by atoms with E-state index in [9.17, 15) is 9.59 Å². The van der Waals surface area contributed by atoms with Crippen LogP contribution in [-0.4, -0.2) is 28.5 Å². The Balaban J connectivity index is 2.21. The molecule has 0 saturated heterocycles. The number of rotatable bonds is 7. The lowest BCUT2D eigenvalue weighted by atomic mass is 10.2. The fraction of sp³-hybridized carbons (Fsp3) is 0.385. The zero-order valence-electron chi connectivity index (χ0n) is 10.6. The maximum atomic E-state index is 11.5. The van der Waals surface area contributed by atoms with Crippen LogP contribution in [0.25, 0.3) is 0 Å². The standard InChI is InChI=1S/C13H16ClNO3S/c1-9(13(17)18)7-19-8-12(16)15-6-10-2-4-11(14)5-3-10/h2-5,9H,6-8H2,1H3,(H,15,16)(H,17,18). The summed E-state index contributed by atoms with van der Waals surface area (Å²) in [4.78, 5) is 22.1. The van der Waals surface area contributed by atoms with Gasteiger partial charge in [-0.1, -0.05) is 30.7 Å². The van der Waals surface area contributed by atoms with Gasteiger partial charge in [-0.3, -0.25) is 9.59 Å². The first kappa shape index (κ1) is 15.9. The molecule has 0 saturated carbocycles. The molecule has 0 heterocycles. The molecule has 0 aliphatic carbocycles. The zero-order chi connectivity index (χ0) is 14.3. The van der Waals surface area contributed by atoms with Crippen LogP contribution in [0.5, 0.6) is 0 Å². The fourth-order valence-corrected chi connectivity index (χ4v) is 2.28. The molecule has 1 aromatic carbocycles. The highest BCUT2D eigenvalue weighted by Gasteiger charge is 2.11. The Hall–Kier alpha value is -1.20. The number of carboxylic acids is 1.